The number of aromatic nitrogens is 4. The number of unbranched alkanes of at least 4 members (excludes halogenated alkanes) is 12. The summed E-state index contributed by atoms with van der Waals surface area (Å²) in [6.45, 7) is 5.04. The number of benzene rings is 4. The molecule has 0 aliphatic rings. The minimum atomic E-state index is -1.27. The van der Waals surface area contributed by atoms with E-state index in [0.717, 1.165) is 70.8 Å². The number of thioether (sulfide) groups is 2. The largest absolute Gasteiger partial charge is 0.425 e. The van der Waals surface area contributed by atoms with Gasteiger partial charge in [-0.05, 0) is 96.8 Å². The second kappa shape index (κ2) is 30.5. The number of amides is 2. The summed E-state index contributed by atoms with van der Waals surface area (Å²) in [5, 5.41) is 6.81. The zero-order chi connectivity index (χ0) is 50.9. The molecule has 0 saturated heterocycles. The standard InChI is InChI=1S/C56H66Cl2N6O6S2/c1-3-5-7-9-11-13-15-17-51(65)61-45-27-31-47(32-28-45)71-49(41-19-23-43(57)24-20-41)39-63-37-35-59-55(63)69-53(67)54(68)70-56-60-36-38-64(56)40-50(42-21-25-44(58)26-22-42)72-48-33-29-46(30-34-48)62-52(66)18-16-14-12-10-8-6-4-2/h19-38,49-50H,3-18,39-40H2,1-2H3,(H,61,65)(H,62,66). The molecule has 6 rings (SSSR count). The summed E-state index contributed by atoms with van der Waals surface area (Å²) in [6.07, 6.45) is 23.4. The highest BCUT2D eigenvalue weighted by atomic mass is 35.5. The van der Waals surface area contributed by atoms with Gasteiger partial charge < -0.3 is 20.1 Å². The van der Waals surface area contributed by atoms with Gasteiger partial charge in [0.2, 0.25) is 11.8 Å². The maximum atomic E-state index is 13.4. The Balaban J connectivity index is 1.04. The van der Waals surface area contributed by atoms with Crippen LogP contribution in [0.15, 0.2) is 132 Å². The van der Waals surface area contributed by atoms with Crippen LogP contribution in [0.5, 0.6) is 12.0 Å². The molecule has 72 heavy (non-hydrogen) atoms. The molecular weight excluding hydrogens is 988 g/mol. The number of nitrogens with one attached hydrogen (secondary N) is 2. The molecule has 0 fully saturated rings. The fourth-order valence-corrected chi connectivity index (χ4v) is 10.5. The van der Waals surface area contributed by atoms with E-state index in [4.69, 9.17) is 32.7 Å². The van der Waals surface area contributed by atoms with Gasteiger partial charge in [0.25, 0.3) is 0 Å². The Hall–Kier alpha value is -5.54. The number of anilines is 2. The molecule has 2 heterocycles. The molecule has 4 aromatic carbocycles. The van der Waals surface area contributed by atoms with Crippen molar-refractivity contribution in [1.29, 1.82) is 0 Å². The predicted molar refractivity (Wildman–Crippen MR) is 291 cm³/mol. The van der Waals surface area contributed by atoms with Gasteiger partial charge in [0, 0.05) is 81.9 Å². The summed E-state index contributed by atoms with van der Waals surface area (Å²) in [5.74, 6) is -2.52. The summed E-state index contributed by atoms with van der Waals surface area (Å²) in [5.41, 5.74) is 3.37. The third-order valence-corrected chi connectivity index (χ3v) is 14.9. The van der Waals surface area contributed by atoms with E-state index in [1.54, 1.807) is 45.1 Å². The fraction of sp³-hybridized carbons (Fsp3) is 0.393. The molecule has 382 valence electrons. The zero-order valence-corrected chi connectivity index (χ0v) is 44.4. The van der Waals surface area contributed by atoms with Crippen LogP contribution in [0.4, 0.5) is 11.4 Å². The van der Waals surface area contributed by atoms with Gasteiger partial charge in [0.05, 0.1) is 10.5 Å². The van der Waals surface area contributed by atoms with Crippen LogP contribution in [0.2, 0.25) is 10.0 Å². The highest BCUT2D eigenvalue weighted by Gasteiger charge is 2.26. The lowest BCUT2D eigenvalue weighted by atomic mass is 10.1. The number of rotatable bonds is 30. The number of carbonyl (C=O) groups excluding carboxylic acids is 4. The predicted octanol–water partition coefficient (Wildman–Crippen LogP) is 15.1. The van der Waals surface area contributed by atoms with Gasteiger partial charge in [-0.15, -0.1) is 23.5 Å². The first-order valence-electron chi connectivity index (χ1n) is 25.2. The Bertz CT molecular complexity index is 2410. The van der Waals surface area contributed by atoms with E-state index < -0.39 is 11.9 Å². The van der Waals surface area contributed by atoms with E-state index >= 15 is 0 Å². The molecule has 0 radical (unpaired) electrons. The van der Waals surface area contributed by atoms with E-state index in [2.05, 4.69) is 34.4 Å². The monoisotopic (exact) mass is 1050 g/mol. The Kier molecular flexibility index (Phi) is 23.6. The maximum Gasteiger partial charge on any atom is 0.425 e. The van der Waals surface area contributed by atoms with Crippen LogP contribution in [0.25, 0.3) is 0 Å². The second-order valence-corrected chi connectivity index (χ2v) is 21.1. The van der Waals surface area contributed by atoms with Crippen molar-refractivity contribution in [2.75, 3.05) is 10.6 Å². The first kappa shape index (κ1) is 55.8. The third-order valence-electron chi connectivity index (χ3n) is 11.9. The van der Waals surface area contributed by atoms with Crippen molar-refractivity contribution in [3.63, 3.8) is 0 Å². The van der Waals surface area contributed by atoms with Crippen LogP contribution in [0, 0.1) is 0 Å². The van der Waals surface area contributed by atoms with Crippen LogP contribution in [-0.4, -0.2) is 42.9 Å². The van der Waals surface area contributed by atoms with Gasteiger partial charge in [-0.3, -0.25) is 18.7 Å². The first-order valence-corrected chi connectivity index (χ1v) is 27.7. The zero-order valence-electron chi connectivity index (χ0n) is 41.2. The minimum Gasteiger partial charge on any atom is -0.383 e. The summed E-state index contributed by atoms with van der Waals surface area (Å²) in [7, 11) is 0. The molecule has 0 saturated carbocycles. The quantitative estimate of drug-likeness (QED) is 0.0193. The highest BCUT2D eigenvalue weighted by Crippen LogP contribution is 2.40. The molecule has 0 bridgehead atoms. The van der Waals surface area contributed by atoms with Crippen molar-refractivity contribution in [3.8, 4) is 12.0 Å². The number of esters is 2. The number of ether oxygens (including phenoxy) is 2. The van der Waals surface area contributed by atoms with Crippen molar-refractivity contribution in [1.82, 2.24) is 19.1 Å². The topological polar surface area (TPSA) is 146 Å². The normalized spacial score (nSPS) is 12.0. The van der Waals surface area contributed by atoms with Crippen molar-refractivity contribution >= 4 is 81.9 Å². The smallest absolute Gasteiger partial charge is 0.383 e. The van der Waals surface area contributed by atoms with Crippen LogP contribution >= 0.6 is 46.7 Å². The Morgan fingerprint density at radius 1 is 0.500 bits per heavy atom. The molecule has 2 atom stereocenters. The van der Waals surface area contributed by atoms with Crippen LogP contribution in [0.3, 0.4) is 0 Å². The number of imidazole rings is 2. The minimum absolute atomic E-state index is 0.00702. The first-order chi connectivity index (χ1) is 35.1. The van der Waals surface area contributed by atoms with E-state index in [1.807, 2.05) is 97.1 Å². The number of halogens is 2. The molecular formula is C56H66Cl2N6O6S2. The molecule has 2 unspecified atom stereocenters. The van der Waals surface area contributed by atoms with Crippen molar-refractivity contribution < 1.29 is 28.7 Å². The Labute approximate surface area is 442 Å². The lowest BCUT2D eigenvalue weighted by Gasteiger charge is -2.19. The summed E-state index contributed by atoms with van der Waals surface area (Å²) >= 11 is 15.7. The van der Waals surface area contributed by atoms with E-state index in [-0.39, 0.29) is 34.3 Å². The van der Waals surface area contributed by atoms with Gasteiger partial charge in [0.1, 0.15) is 0 Å². The van der Waals surface area contributed by atoms with Crippen molar-refractivity contribution in [2.45, 2.75) is 150 Å². The van der Waals surface area contributed by atoms with Gasteiger partial charge in [0.15, 0.2) is 0 Å². The molecule has 2 amide bonds. The van der Waals surface area contributed by atoms with Gasteiger partial charge >= 0.3 is 24.0 Å². The van der Waals surface area contributed by atoms with Gasteiger partial charge in [-0.1, -0.05) is 138 Å². The Morgan fingerprint density at radius 3 is 1.21 bits per heavy atom. The molecule has 12 nitrogen and oxygen atoms in total. The van der Waals surface area contributed by atoms with Crippen LogP contribution in [0.1, 0.15) is 138 Å². The highest BCUT2D eigenvalue weighted by molar-refractivity contribution is 7.99. The van der Waals surface area contributed by atoms with Crippen molar-refractivity contribution in [2.24, 2.45) is 0 Å². The number of hydrogen-bond donors (Lipinski definition) is 2. The average molecular weight is 1050 g/mol. The Morgan fingerprint density at radius 2 is 0.847 bits per heavy atom. The van der Waals surface area contributed by atoms with Gasteiger partial charge in [-0.2, -0.15) is 0 Å². The van der Waals surface area contributed by atoms with E-state index in [1.165, 1.54) is 63.8 Å². The second-order valence-electron chi connectivity index (χ2n) is 17.7. The molecule has 0 aliphatic heterocycles. The lowest BCUT2D eigenvalue weighted by molar-refractivity contribution is -0.157. The maximum absolute atomic E-state index is 13.4. The SMILES string of the molecule is CCCCCCCCCC(=O)Nc1ccc(SC(Cn2ccnc2OC(=O)C(=O)Oc2nccn2CC(Sc2ccc(NC(=O)CCCCCCCCC)cc2)c2ccc(Cl)cc2)c2ccc(Cl)cc2)cc1. The van der Waals surface area contributed by atoms with Crippen LogP contribution in [-0.2, 0) is 32.3 Å². The van der Waals surface area contributed by atoms with Crippen LogP contribution < -0.4 is 20.1 Å². The number of hydrogen-bond acceptors (Lipinski definition) is 10. The summed E-state index contributed by atoms with van der Waals surface area (Å²) in [6, 6.07) is 30.2. The third kappa shape index (κ3) is 19.1. The molecule has 16 heteroatoms. The average Bonchev–Trinajstić information content (AvgIpc) is 4.02. The molecule has 2 aromatic heterocycles. The summed E-state index contributed by atoms with van der Waals surface area (Å²) < 4.78 is 14.4. The number of nitrogens with zero attached hydrogens (tertiary/aromatic N) is 4. The summed E-state index contributed by atoms with van der Waals surface area (Å²) in [4.78, 5) is 62.4. The van der Waals surface area contributed by atoms with Crippen molar-refractivity contribution in [3.05, 3.63) is 143 Å². The lowest BCUT2D eigenvalue weighted by Crippen LogP contribution is -2.28. The molecule has 0 spiro atoms. The number of carbonyl (C=O) groups is 4. The molecule has 2 N–H and O–H groups in total. The fourth-order valence-electron chi connectivity index (χ4n) is 7.96. The van der Waals surface area contributed by atoms with E-state index in [0.29, 0.717) is 36.0 Å². The van der Waals surface area contributed by atoms with E-state index in [9.17, 15) is 19.2 Å². The molecule has 0 aliphatic carbocycles. The molecule has 6 aromatic rings. The van der Waals surface area contributed by atoms with Gasteiger partial charge in [-0.25, -0.2) is 19.6 Å².